The second-order valence-corrected chi connectivity index (χ2v) is 4.95. The zero-order chi connectivity index (χ0) is 13.8. The van der Waals surface area contributed by atoms with E-state index in [-0.39, 0.29) is 11.9 Å². The minimum atomic E-state index is -0.137. The van der Waals surface area contributed by atoms with Crippen LogP contribution in [0.2, 0.25) is 0 Å². The Bertz CT molecular complexity index is 579. The summed E-state index contributed by atoms with van der Waals surface area (Å²) in [6, 6.07) is 9.89. The Kier molecular flexibility index (Phi) is 3.67. The Balaban J connectivity index is 1.51. The lowest BCUT2D eigenvalue weighted by Crippen LogP contribution is -2.42. The van der Waals surface area contributed by atoms with Crippen molar-refractivity contribution in [3.05, 3.63) is 48.3 Å². The van der Waals surface area contributed by atoms with Gasteiger partial charge in [-0.05, 0) is 30.5 Å². The Morgan fingerprint density at radius 2 is 2.30 bits per heavy atom. The van der Waals surface area contributed by atoms with Crippen LogP contribution in [0.3, 0.4) is 0 Å². The van der Waals surface area contributed by atoms with Crippen molar-refractivity contribution in [1.29, 1.82) is 0 Å². The summed E-state index contributed by atoms with van der Waals surface area (Å²) in [4.78, 5) is 12.1. The number of benzene rings is 1. The molecule has 1 aliphatic rings. The molecule has 0 bridgehead atoms. The molecule has 1 atom stereocenters. The Hall–Kier alpha value is -2.30. The van der Waals surface area contributed by atoms with E-state index in [9.17, 15) is 4.79 Å². The lowest BCUT2D eigenvalue weighted by Gasteiger charge is -2.26. The van der Waals surface area contributed by atoms with Crippen LogP contribution >= 0.6 is 0 Å². The zero-order valence-electron chi connectivity index (χ0n) is 11.2. The van der Waals surface area contributed by atoms with Crippen LogP contribution in [0.15, 0.2) is 42.7 Å². The standard InChI is InChI=1S/C15H18N4O/c20-15(16-9-11-19-10-3-8-17-19)14-7-6-12-4-1-2-5-13(12)18-14/h1-5,8,10,14,18H,6-7,9,11H2,(H,16,20). The van der Waals surface area contributed by atoms with Crippen molar-refractivity contribution in [3.8, 4) is 0 Å². The summed E-state index contributed by atoms with van der Waals surface area (Å²) < 4.78 is 1.81. The van der Waals surface area contributed by atoms with Gasteiger partial charge in [0.15, 0.2) is 0 Å². The minimum absolute atomic E-state index is 0.0617. The molecule has 0 spiro atoms. The summed E-state index contributed by atoms with van der Waals surface area (Å²) in [5, 5.41) is 10.4. The van der Waals surface area contributed by atoms with Gasteiger partial charge in [-0.2, -0.15) is 5.10 Å². The van der Waals surface area contributed by atoms with E-state index in [4.69, 9.17) is 0 Å². The van der Waals surface area contributed by atoms with Crippen molar-refractivity contribution >= 4 is 11.6 Å². The van der Waals surface area contributed by atoms with E-state index in [1.807, 2.05) is 35.1 Å². The highest BCUT2D eigenvalue weighted by atomic mass is 16.2. The number of hydrogen-bond acceptors (Lipinski definition) is 3. The SMILES string of the molecule is O=C(NCCn1cccn1)C1CCc2ccccc2N1. The second kappa shape index (κ2) is 5.77. The number of amides is 1. The first kappa shape index (κ1) is 12.7. The van der Waals surface area contributed by atoms with Gasteiger partial charge in [0.2, 0.25) is 5.91 Å². The van der Waals surface area contributed by atoms with Crippen LogP contribution in [0.25, 0.3) is 0 Å². The largest absolute Gasteiger partial charge is 0.373 e. The van der Waals surface area contributed by atoms with Crippen molar-refractivity contribution in [2.24, 2.45) is 0 Å². The second-order valence-electron chi connectivity index (χ2n) is 4.95. The van der Waals surface area contributed by atoms with Gasteiger partial charge in [0.1, 0.15) is 6.04 Å². The van der Waals surface area contributed by atoms with Gasteiger partial charge in [-0.3, -0.25) is 9.48 Å². The van der Waals surface area contributed by atoms with Crippen LogP contribution in [0.4, 0.5) is 5.69 Å². The predicted molar refractivity (Wildman–Crippen MR) is 77.4 cm³/mol. The smallest absolute Gasteiger partial charge is 0.242 e. The molecular weight excluding hydrogens is 252 g/mol. The Morgan fingerprint density at radius 3 is 3.15 bits per heavy atom. The quantitative estimate of drug-likeness (QED) is 0.883. The average molecular weight is 270 g/mol. The number of rotatable bonds is 4. The number of carbonyl (C=O) groups excluding carboxylic acids is 1. The van der Waals surface area contributed by atoms with Crippen LogP contribution in [-0.4, -0.2) is 28.3 Å². The maximum Gasteiger partial charge on any atom is 0.242 e. The first-order chi connectivity index (χ1) is 9.83. The molecule has 0 fully saturated rings. The Labute approximate surface area is 118 Å². The third-order valence-corrected chi connectivity index (χ3v) is 3.57. The molecule has 3 rings (SSSR count). The molecule has 1 unspecified atom stereocenters. The maximum absolute atomic E-state index is 12.1. The van der Waals surface area contributed by atoms with Gasteiger partial charge in [0.25, 0.3) is 0 Å². The van der Waals surface area contributed by atoms with Gasteiger partial charge >= 0.3 is 0 Å². The average Bonchev–Trinajstić information content (AvgIpc) is 3.00. The fourth-order valence-electron chi connectivity index (χ4n) is 2.49. The van der Waals surface area contributed by atoms with E-state index in [0.29, 0.717) is 13.1 Å². The van der Waals surface area contributed by atoms with Gasteiger partial charge in [-0.1, -0.05) is 18.2 Å². The number of para-hydroxylation sites is 1. The van der Waals surface area contributed by atoms with E-state index >= 15 is 0 Å². The molecule has 0 saturated heterocycles. The van der Waals surface area contributed by atoms with Crippen LogP contribution in [0, 0.1) is 0 Å². The number of nitrogens with zero attached hydrogens (tertiary/aromatic N) is 2. The number of fused-ring (bicyclic) bond motifs is 1. The predicted octanol–water partition coefficient (Wildman–Crippen LogP) is 1.43. The molecule has 1 aliphatic heterocycles. The van der Waals surface area contributed by atoms with Gasteiger partial charge in [-0.25, -0.2) is 0 Å². The lowest BCUT2D eigenvalue weighted by atomic mass is 9.98. The highest BCUT2D eigenvalue weighted by Crippen LogP contribution is 2.24. The van der Waals surface area contributed by atoms with Crippen molar-refractivity contribution < 1.29 is 4.79 Å². The molecular formula is C15H18N4O. The van der Waals surface area contributed by atoms with Gasteiger partial charge in [0, 0.05) is 24.6 Å². The number of nitrogens with one attached hydrogen (secondary N) is 2. The zero-order valence-corrected chi connectivity index (χ0v) is 11.2. The third kappa shape index (κ3) is 2.82. The molecule has 20 heavy (non-hydrogen) atoms. The third-order valence-electron chi connectivity index (χ3n) is 3.57. The van der Waals surface area contributed by atoms with Crippen LogP contribution in [-0.2, 0) is 17.8 Å². The van der Waals surface area contributed by atoms with Crippen molar-refractivity contribution in [1.82, 2.24) is 15.1 Å². The molecule has 104 valence electrons. The topological polar surface area (TPSA) is 59.0 Å². The molecule has 1 aromatic carbocycles. The highest BCUT2D eigenvalue weighted by molar-refractivity contribution is 5.85. The van der Waals surface area contributed by atoms with E-state index in [2.05, 4.69) is 21.8 Å². The highest BCUT2D eigenvalue weighted by Gasteiger charge is 2.23. The molecule has 2 N–H and O–H groups in total. The number of anilines is 1. The molecule has 5 heteroatoms. The van der Waals surface area contributed by atoms with Crippen LogP contribution in [0.5, 0.6) is 0 Å². The molecule has 0 saturated carbocycles. The van der Waals surface area contributed by atoms with E-state index in [1.54, 1.807) is 6.20 Å². The molecule has 1 amide bonds. The number of aryl methyl sites for hydroxylation is 1. The first-order valence-corrected chi connectivity index (χ1v) is 6.92. The normalized spacial score (nSPS) is 17.1. The van der Waals surface area contributed by atoms with Crippen molar-refractivity contribution in [2.75, 3.05) is 11.9 Å². The van der Waals surface area contributed by atoms with Gasteiger partial charge in [0.05, 0.1) is 6.54 Å². The van der Waals surface area contributed by atoms with E-state index in [1.165, 1.54) is 5.56 Å². The van der Waals surface area contributed by atoms with Crippen LogP contribution in [0.1, 0.15) is 12.0 Å². The number of hydrogen-bond donors (Lipinski definition) is 2. The summed E-state index contributed by atoms with van der Waals surface area (Å²) in [6.45, 7) is 1.29. The Morgan fingerprint density at radius 1 is 1.40 bits per heavy atom. The minimum Gasteiger partial charge on any atom is -0.373 e. The summed E-state index contributed by atoms with van der Waals surface area (Å²) in [5.41, 5.74) is 2.36. The maximum atomic E-state index is 12.1. The first-order valence-electron chi connectivity index (χ1n) is 6.92. The van der Waals surface area contributed by atoms with E-state index in [0.717, 1.165) is 18.5 Å². The van der Waals surface area contributed by atoms with Gasteiger partial charge < -0.3 is 10.6 Å². The monoisotopic (exact) mass is 270 g/mol. The molecule has 2 aromatic rings. The van der Waals surface area contributed by atoms with Gasteiger partial charge in [-0.15, -0.1) is 0 Å². The van der Waals surface area contributed by atoms with Crippen molar-refractivity contribution in [3.63, 3.8) is 0 Å². The summed E-state index contributed by atoms with van der Waals surface area (Å²) in [7, 11) is 0. The fraction of sp³-hybridized carbons (Fsp3) is 0.333. The number of aromatic nitrogens is 2. The summed E-state index contributed by atoms with van der Waals surface area (Å²) in [6.07, 6.45) is 5.41. The molecule has 2 heterocycles. The molecule has 0 radical (unpaired) electrons. The molecule has 1 aromatic heterocycles. The van der Waals surface area contributed by atoms with E-state index < -0.39 is 0 Å². The van der Waals surface area contributed by atoms with Crippen LogP contribution < -0.4 is 10.6 Å². The number of carbonyl (C=O) groups is 1. The lowest BCUT2D eigenvalue weighted by molar-refractivity contribution is -0.122. The van der Waals surface area contributed by atoms with Crippen molar-refractivity contribution in [2.45, 2.75) is 25.4 Å². The molecule has 0 aliphatic carbocycles. The summed E-state index contributed by atoms with van der Waals surface area (Å²) >= 11 is 0. The molecule has 5 nitrogen and oxygen atoms in total. The fourth-order valence-corrected chi connectivity index (χ4v) is 2.49. The summed E-state index contributed by atoms with van der Waals surface area (Å²) in [5.74, 6) is 0.0617.